The van der Waals surface area contributed by atoms with E-state index in [1.54, 1.807) is 0 Å². The molecule has 0 saturated heterocycles. The predicted molar refractivity (Wildman–Crippen MR) is 76.3 cm³/mol. The van der Waals surface area contributed by atoms with E-state index in [9.17, 15) is 4.79 Å². The highest BCUT2D eigenvalue weighted by Crippen LogP contribution is 2.13. The summed E-state index contributed by atoms with van der Waals surface area (Å²) in [5, 5.41) is 2.74. The minimum absolute atomic E-state index is 0.343. The Morgan fingerprint density at radius 1 is 1.05 bits per heavy atom. The van der Waals surface area contributed by atoms with Gasteiger partial charge in [0, 0.05) is 23.7 Å². The van der Waals surface area contributed by atoms with Gasteiger partial charge in [-0.05, 0) is 23.8 Å². The van der Waals surface area contributed by atoms with Gasteiger partial charge in [0.2, 0.25) is 0 Å². The Morgan fingerprint density at radius 2 is 1.74 bits per heavy atom. The lowest BCUT2D eigenvalue weighted by Gasteiger charge is -2.06. The average molecular weight is 250 g/mol. The van der Waals surface area contributed by atoms with Gasteiger partial charge in [0.05, 0.1) is 0 Å². The topological polar surface area (TPSA) is 55.1 Å². The Balaban J connectivity index is 2.08. The van der Waals surface area contributed by atoms with Gasteiger partial charge in [0.25, 0.3) is 0 Å². The highest BCUT2D eigenvalue weighted by molar-refractivity contribution is 6.04. The molecule has 0 saturated carbocycles. The lowest BCUT2D eigenvalue weighted by Crippen LogP contribution is -2.11. The van der Waals surface area contributed by atoms with E-state index in [1.165, 1.54) is 0 Å². The van der Waals surface area contributed by atoms with Crippen LogP contribution >= 0.6 is 0 Å². The van der Waals surface area contributed by atoms with Crippen molar-refractivity contribution in [3.63, 3.8) is 0 Å². The number of para-hydroxylation sites is 1. The second kappa shape index (κ2) is 6.39. The molecule has 2 aromatic carbocycles. The van der Waals surface area contributed by atoms with E-state index in [1.807, 2.05) is 54.6 Å². The molecule has 0 radical (unpaired) electrons. The molecule has 0 aliphatic carbocycles. The maximum atomic E-state index is 11.7. The van der Waals surface area contributed by atoms with Crippen LogP contribution in [0.25, 0.3) is 0 Å². The molecule has 2 rings (SSSR count). The molecular formula is C16H14N2O. The summed E-state index contributed by atoms with van der Waals surface area (Å²) in [6.07, 6.45) is 0. The van der Waals surface area contributed by atoms with E-state index >= 15 is 0 Å². The summed E-state index contributed by atoms with van der Waals surface area (Å²) in [5.41, 5.74) is 8.01. The lowest BCUT2D eigenvalue weighted by molar-refractivity contribution is -0.111. The Kier molecular flexibility index (Phi) is 4.33. The zero-order valence-corrected chi connectivity index (χ0v) is 10.4. The third-order valence-corrected chi connectivity index (χ3v) is 2.58. The van der Waals surface area contributed by atoms with Crippen LogP contribution in [0, 0.1) is 11.8 Å². The van der Waals surface area contributed by atoms with Crippen molar-refractivity contribution < 1.29 is 4.79 Å². The number of carbonyl (C=O) groups is 1. The van der Waals surface area contributed by atoms with Gasteiger partial charge >= 0.3 is 5.91 Å². The Labute approximate surface area is 112 Å². The second-order valence-electron chi connectivity index (χ2n) is 3.93. The molecule has 3 nitrogen and oxygen atoms in total. The van der Waals surface area contributed by atoms with E-state index in [4.69, 9.17) is 5.73 Å². The number of carbonyl (C=O) groups excluding carboxylic acids is 1. The number of amides is 1. The fraction of sp³-hybridized carbons (Fsp3) is 0.0625. The number of rotatable bonds is 2. The van der Waals surface area contributed by atoms with Crippen LogP contribution in [0.1, 0.15) is 11.1 Å². The maximum absolute atomic E-state index is 11.7. The number of anilines is 1. The summed E-state index contributed by atoms with van der Waals surface area (Å²) in [6, 6.07) is 16.8. The number of nitrogens with two attached hydrogens (primary N) is 1. The first kappa shape index (κ1) is 12.9. The zero-order valence-electron chi connectivity index (χ0n) is 10.4. The van der Waals surface area contributed by atoms with Crippen LogP contribution in [0.4, 0.5) is 5.69 Å². The van der Waals surface area contributed by atoms with Gasteiger partial charge in [-0.15, -0.1) is 0 Å². The molecule has 0 aliphatic heterocycles. The average Bonchev–Trinajstić information content (AvgIpc) is 2.47. The monoisotopic (exact) mass is 250 g/mol. The normalized spacial score (nSPS) is 9.32. The van der Waals surface area contributed by atoms with Crippen LogP contribution in [0.15, 0.2) is 54.6 Å². The second-order valence-corrected chi connectivity index (χ2v) is 3.93. The quantitative estimate of drug-likeness (QED) is 0.802. The standard InChI is InChI=1S/C16H14N2O/c17-12-14-8-4-5-9-15(14)18-16(19)11-10-13-6-2-1-3-7-13/h1-9H,12,17H2,(H,18,19). The number of nitrogens with one attached hydrogen (secondary N) is 1. The molecule has 0 unspecified atom stereocenters. The van der Waals surface area contributed by atoms with Crippen molar-refractivity contribution in [1.29, 1.82) is 0 Å². The Morgan fingerprint density at radius 3 is 2.47 bits per heavy atom. The molecule has 0 atom stereocenters. The maximum Gasteiger partial charge on any atom is 0.300 e. The Bertz CT molecular complexity index is 624. The van der Waals surface area contributed by atoms with Crippen molar-refractivity contribution in [3.8, 4) is 11.8 Å². The molecular weight excluding hydrogens is 236 g/mol. The van der Waals surface area contributed by atoms with Crippen LogP contribution in [0.5, 0.6) is 0 Å². The van der Waals surface area contributed by atoms with Gasteiger partial charge in [-0.3, -0.25) is 4.79 Å². The third kappa shape index (κ3) is 3.70. The van der Waals surface area contributed by atoms with Crippen LogP contribution in [0.3, 0.4) is 0 Å². The molecule has 2 aromatic rings. The molecule has 1 amide bonds. The summed E-state index contributed by atoms with van der Waals surface area (Å²) >= 11 is 0. The summed E-state index contributed by atoms with van der Waals surface area (Å²) in [6.45, 7) is 0.378. The molecule has 0 heterocycles. The van der Waals surface area contributed by atoms with Crippen LogP contribution < -0.4 is 11.1 Å². The summed E-state index contributed by atoms with van der Waals surface area (Å²) in [5.74, 6) is 5.02. The first-order chi connectivity index (χ1) is 9.29. The molecule has 3 heteroatoms. The smallest absolute Gasteiger partial charge is 0.300 e. The molecule has 0 aliphatic rings. The van der Waals surface area contributed by atoms with Crippen molar-refractivity contribution in [2.24, 2.45) is 5.73 Å². The van der Waals surface area contributed by atoms with Gasteiger partial charge in [0.15, 0.2) is 0 Å². The van der Waals surface area contributed by atoms with E-state index in [-0.39, 0.29) is 5.91 Å². The van der Waals surface area contributed by atoms with E-state index < -0.39 is 0 Å². The van der Waals surface area contributed by atoms with E-state index in [2.05, 4.69) is 17.2 Å². The van der Waals surface area contributed by atoms with Gasteiger partial charge in [-0.1, -0.05) is 42.3 Å². The summed E-state index contributed by atoms with van der Waals surface area (Å²) < 4.78 is 0. The SMILES string of the molecule is NCc1ccccc1NC(=O)C#Cc1ccccc1. The van der Waals surface area contributed by atoms with Crippen molar-refractivity contribution in [3.05, 3.63) is 65.7 Å². The van der Waals surface area contributed by atoms with Crippen molar-refractivity contribution in [1.82, 2.24) is 0 Å². The first-order valence-corrected chi connectivity index (χ1v) is 5.95. The Hall–Kier alpha value is -2.57. The molecule has 0 fully saturated rings. The van der Waals surface area contributed by atoms with E-state index in [0.717, 1.165) is 11.1 Å². The molecule has 0 bridgehead atoms. The van der Waals surface area contributed by atoms with Crippen molar-refractivity contribution >= 4 is 11.6 Å². The largest absolute Gasteiger partial charge is 0.326 e. The minimum Gasteiger partial charge on any atom is -0.326 e. The summed E-state index contributed by atoms with van der Waals surface area (Å²) in [7, 11) is 0. The highest BCUT2D eigenvalue weighted by atomic mass is 16.1. The third-order valence-electron chi connectivity index (χ3n) is 2.58. The predicted octanol–water partition coefficient (Wildman–Crippen LogP) is 2.14. The van der Waals surface area contributed by atoms with Crippen LogP contribution in [-0.4, -0.2) is 5.91 Å². The molecule has 3 N–H and O–H groups in total. The minimum atomic E-state index is -0.343. The molecule has 94 valence electrons. The van der Waals surface area contributed by atoms with Gasteiger partial charge in [-0.25, -0.2) is 0 Å². The summed E-state index contributed by atoms with van der Waals surface area (Å²) in [4.78, 5) is 11.7. The van der Waals surface area contributed by atoms with Crippen molar-refractivity contribution in [2.45, 2.75) is 6.54 Å². The number of hydrogen-bond donors (Lipinski definition) is 2. The van der Waals surface area contributed by atoms with Crippen molar-refractivity contribution in [2.75, 3.05) is 5.32 Å². The molecule has 0 spiro atoms. The zero-order chi connectivity index (χ0) is 13.5. The number of benzene rings is 2. The van der Waals surface area contributed by atoms with Gasteiger partial charge < -0.3 is 11.1 Å². The first-order valence-electron chi connectivity index (χ1n) is 5.95. The molecule has 19 heavy (non-hydrogen) atoms. The fourth-order valence-corrected chi connectivity index (χ4v) is 1.62. The van der Waals surface area contributed by atoms with Crippen LogP contribution in [0.2, 0.25) is 0 Å². The van der Waals surface area contributed by atoms with E-state index in [0.29, 0.717) is 12.2 Å². The lowest BCUT2D eigenvalue weighted by atomic mass is 10.2. The molecule has 0 aromatic heterocycles. The van der Waals surface area contributed by atoms with Gasteiger partial charge in [0.1, 0.15) is 0 Å². The number of hydrogen-bond acceptors (Lipinski definition) is 2. The fourth-order valence-electron chi connectivity index (χ4n) is 1.62. The van der Waals surface area contributed by atoms with Gasteiger partial charge in [-0.2, -0.15) is 0 Å². The highest BCUT2D eigenvalue weighted by Gasteiger charge is 2.02. The van der Waals surface area contributed by atoms with Crippen LogP contribution in [-0.2, 0) is 11.3 Å².